The van der Waals surface area contributed by atoms with Crippen molar-refractivity contribution in [1.29, 1.82) is 0 Å². The number of nitrogens with zero attached hydrogens (tertiary/aromatic N) is 2. The van der Waals surface area contributed by atoms with Crippen LogP contribution in [0, 0.1) is 6.92 Å². The van der Waals surface area contributed by atoms with Crippen LogP contribution in [-0.4, -0.2) is 29.8 Å². The maximum atomic E-state index is 12.4. The summed E-state index contributed by atoms with van der Waals surface area (Å²) in [6.45, 7) is 4.03. The Labute approximate surface area is 167 Å². The summed E-state index contributed by atoms with van der Waals surface area (Å²) in [7, 11) is 1.47. The molecule has 0 bridgehead atoms. The average Bonchev–Trinajstić information content (AvgIpc) is 3.16. The predicted octanol–water partition coefficient (Wildman–Crippen LogP) is 4.46. The van der Waals surface area contributed by atoms with Crippen molar-refractivity contribution in [2.45, 2.75) is 20.5 Å². The zero-order valence-electron chi connectivity index (χ0n) is 15.7. The van der Waals surface area contributed by atoms with E-state index in [0.717, 1.165) is 11.1 Å². The highest BCUT2D eigenvalue weighted by molar-refractivity contribution is 6.32. The van der Waals surface area contributed by atoms with E-state index in [0.29, 0.717) is 23.9 Å². The number of rotatable bonds is 7. The van der Waals surface area contributed by atoms with Crippen molar-refractivity contribution >= 4 is 17.6 Å². The molecule has 1 aromatic heterocycles. The van der Waals surface area contributed by atoms with E-state index < -0.39 is 5.97 Å². The van der Waals surface area contributed by atoms with E-state index in [4.69, 9.17) is 30.3 Å². The number of hydrogen-bond acceptors (Lipinski definition) is 7. The molecule has 0 atom stereocenters. The van der Waals surface area contributed by atoms with Gasteiger partial charge in [0.25, 0.3) is 5.89 Å². The van der Waals surface area contributed by atoms with E-state index in [2.05, 4.69) is 10.1 Å². The highest BCUT2D eigenvalue weighted by Gasteiger charge is 2.18. The molecular weight excluding hydrogens is 384 g/mol. The SMILES string of the molecule is CCOc1c(Cl)cc(C(=O)OCc2nc(-c3ccccc3C)no2)cc1OC. The van der Waals surface area contributed by atoms with Gasteiger partial charge >= 0.3 is 5.97 Å². The lowest BCUT2D eigenvalue weighted by atomic mass is 10.1. The number of ether oxygens (including phenoxy) is 3. The summed E-state index contributed by atoms with van der Waals surface area (Å²) in [4.78, 5) is 16.6. The quantitative estimate of drug-likeness (QED) is 0.539. The standard InChI is InChI=1S/C20H19ClN2O5/c1-4-26-18-15(21)9-13(10-16(18)25-3)20(24)27-11-17-22-19(23-28-17)14-8-6-5-7-12(14)2/h5-10H,4,11H2,1-3H3. The summed E-state index contributed by atoms with van der Waals surface area (Å²) in [6.07, 6.45) is 0. The molecule has 146 valence electrons. The lowest BCUT2D eigenvalue weighted by Gasteiger charge is -2.12. The summed E-state index contributed by atoms with van der Waals surface area (Å²) < 4.78 is 21.1. The Kier molecular flexibility index (Phi) is 6.16. The number of methoxy groups -OCH3 is 1. The monoisotopic (exact) mass is 402 g/mol. The first-order chi connectivity index (χ1) is 13.5. The van der Waals surface area contributed by atoms with Crippen LogP contribution in [0.3, 0.4) is 0 Å². The highest BCUT2D eigenvalue weighted by atomic mass is 35.5. The topological polar surface area (TPSA) is 83.7 Å². The van der Waals surface area contributed by atoms with E-state index in [1.165, 1.54) is 19.2 Å². The largest absolute Gasteiger partial charge is 0.493 e. The van der Waals surface area contributed by atoms with Crippen molar-refractivity contribution in [2.24, 2.45) is 0 Å². The first-order valence-corrected chi connectivity index (χ1v) is 8.97. The van der Waals surface area contributed by atoms with Crippen LogP contribution < -0.4 is 9.47 Å². The number of aryl methyl sites for hydroxylation is 1. The average molecular weight is 403 g/mol. The molecule has 0 N–H and O–H groups in total. The Morgan fingerprint density at radius 3 is 2.75 bits per heavy atom. The van der Waals surface area contributed by atoms with E-state index in [1.54, 1.807) is 0 Å². The maximum Gasteiger partial charge on any atom is 0.338 e. The van der Waals surface area contributed by atoms with Gasteiger partial charge in [-0.05, 0) is 31.5 Å². The van der Waals surface area contributed by atoms with Crippen LogP contribution >= 0.6 is 11.6 Å². The molecule has 8 heteroatoms. The molecule has 2 aromatic carbocycles. The number of carbonyl (C=O) groups excluding carboxylic acids is 1. The molecule has 0 amide bonds. The van der Waals surface area contributed by atoms with Crippen LogP contribution in [-0.2, 0) is 11.3 Å². The third kappa shape index (κ3) is 4.26. The van der Waals surface area contributed by atoms with Crippen molar-refractivity contribution in [3.8, 4) is 22.9 Å². The zero-order chi connectivity index (χ0) is 20.1. The van der Waals surface area contributed by atoms with Gasteiger partial charge in [0.05, 0.1) is 24.3 Å². The molecule has 7 nitrogen and oxygen atoms in total. The summed E-state index contributed by atoms with van der Waals surface area (Å²) in [5, 5.41) is 4.19. The molecule has 0 unspecified atom stereocenters. The molecule has 3 rings (SSSR count). The minimum atomic E-state index is -0.598. The van der Waals surface area contributed by atoms with Crippen molar-refractivity contribution in [3.05, 3.63) is 58.4 Å². The van der Waals surface area contributed by atoms with Gasteiger partial charge in [-0.25, -0.2) is 4.79 Å². The lowest BCUT2D eigenvalue weighted by Crippen LogP contribution is -2.07. The number of carbonyl (C=O) groups is 1. The van der Waals surface area contributed by atoms with E-state index in [9.17, 15) is 4.79 Å². The Morgan fingerprint density at radius 2 is 2.04 bits per heavy atom. The minimum absolute atomic E-state index is 0.162. The third-order valence-corrected chi connectivity index (χ3v) is 4.22. The fourth-order valence-corrected chi connectivity index (χ4v) is 2.84. The van der Waals surface area contributed by atoms with Gasteiger partial charge in [-0.2, -0.15) is 4.98 Å². The van der Waals surface area contributed by atoms with Gasteiger partial charge < -0.3 is 18.7 Å². The highest BCUT2D eigenvalue weighted by Crippen LogP contribution is 2.36. The van der Waals surface area contributed by atoms with Gasteiger partial charge in [0.2, 0.25) is 5.82 Å². The van der Waals surface area contributed by atoms with Crippen LogP contribution in [0.1, 0.15) is 28.7 Å². The summed E-state index contributed by atoms with van der Waals surface area (Å²) >= 11 is 6.19. The molecular formula is C20H19ClN2O5. The fraction of sp³-hybridized carbons (Fsp3) is 0.250. The van der Waals surface area contributed by atoms with Crippen LogP contribution in [0.25, 0.3) is 11.4 Å². The van der Waals surface area contributed by atoms with E-state index in [1.807, 2.05) is 38.1 Å². The maximum absolute atomic E-state index is 12.4. The van der Waals surface area contributed by atoms with Crippen molar-refractivity contribution in [2.75, 3.05) is 13.7 Å². The number of esters is 1. The number of aromatic nitrogens is 2. The Morgan fingerprint density at radius 1 is 1.25 bits per heavy atom. The molecule has 0 fully saturated rings. The third-order valence-electron chi connectivity index (χ3n) is 3.93. The molecule has 0 aliphatic rings. The van der Waals surface area contributed by atoms with Crippen molar-refractivity contribution < 1.29 is 23.5 Å². The van der Waals surface area contributed by atoms with Crippen molar-refractivity contribution in [3.63, 3.8) is 0 Å². The number of halogens is 1. The van der Waals surface area contributed by atoms with Gasteiger partial charge in [-0.1, -0.05) is 41.0 Å². The first kappa shape index (κ1) is 19.7. The molecule has 0 aliphatic carbocycles. The van der Waals surface area contributed by atoms with E-state index in [-0.39, 0.29) is 23.1 Å². The van der Waals surface area contributed by atoms with Crippen LogP contribution in [0.4, 0.5) is 0 Å². The summed E-state index contributed by atoms with van der Waals surface area (Å²) in [6, 6.07) is 10.6. The van der Waals surface area contributed by atoms with Gasteiger partial charge in [0, 0.05) is 5.56 Å². The van der Waals surface area contributed by atoms with Gasteiger partial charge in [0.1, 0.15) is 0 Å². The van der Waals surface area contributed by atoms with Crippen LogP contribution in [0.5, 0.6) is 11.5 Å². The summed E-state index contributed by atoms with van der Waals surface area (Å²) in [5.41, 5.74) is 2.10. The second kappa shape index (κ2) is 8.75. The second-order valence-corrected chi connectivity index (χ2v) is 6.23. The number of benzene rings is 2. The second-order valence-electron chi connectivity index (χ2n) is 5.83. The molecule has 3 aromatic rings. The molecule has 0 saturated heterocycles. The lowest BCUT2D eigenvalue weighted by molar-refractivity contribution is 0.0429. The van der Waals surface area contributed by atoms with Crippen LogP contribution in [0.2, 0.25) is 5.02 Å². The van der Waals surface area contributed by atoms with Gasteiger partial charge in [0.15, 0.2) is 18.1 Å². The Bertz CT molecular complexity index is 986. The Balaban J connectivity index is 1.71. The molecule has 1 heterocycles. The van der Waals surface area contributed by atoms with Crippen LogP contribution in [0.15, 0.2) is 40.9 Å². The molecule has 0 aliphatic heterocycles. The van der Waals surface area contributed by atoms with E-state index >= 15 is 0 Å². The normalized spacial score (nSPS) is 10.6. The Hall–Kier alpha value is -3.06. The smallest absolute Gasteiger partial charge is 0.338 e. The fourth-order valence-electron chi connectivity index (χ4n) is 2.58. The zero-order valence-corrected chi connectivity index (χ0v) is 16.4. The summed E-state index contributed by atoms with van der Waals surface area (Å²) in [5.74, 6) is 0.758. The van der Waals surface area contributed by atoms with Gasteiger partial charge in [-0.3, -0.25) is 0 Å². The molecule has 0 saturated carbocycles. The van der Waals surface area contributed by atoms with Crippen molar-refractivity contribution in [1.82, 2.24) is 10.1 Å². The van der Waals surface area contributed by atoms with Gasteiger partial charge in [-0.15, -0.1) is 0 Å². The first-order valence-electron chi connectivity index (χ1n) is 8.59. The minimum Gasteiger partial charge on any atom is -0.493 e. The molecule has 0 spiro atoms. The molecule has 28 heavy (non-hydrogen) atoms. The molecule has 0 radical (unpaired) electrons. The number of hydrogen-bond donors (Lipinski definition) is 0. The predicted molar refractivity (Wildman–Crippen MR) is 103 cm³/mol.